The quantitative estimate of drug-likeness (QED) is 0.340. The van der Waals surface area contributed by atoms with Crippen molar-refractivity contribution in [1.29, 1.82) is 0 Å². The topological polar surface area (TPSA) is 149 Å². The van der Waals surface area contributed by atoms with Gasteiger partial charge in [0.05, 0.1) is 36.9 Å². The minimum Gasteiger partial charge on any atom is -0.371 e. The molecule has 1 fully saturated rings. The van der Waals surface area contributed by atoms with Gasteiger partial charge in [-0.1, -0.05) is 5.21 Å². The van der Waals surface area contributed by atoms with E-state index in [4.69, 9.17) is 5.73 Å². The van der Waals surface area contributed by atoms with E-state index in [1.165, 1.54) is 15.4 Å². The summed E-state index contributed by atoms with van der Waals surface area (Å²) in [4.78, 5) is 8.59. The molecule has 206 valence electrons. The first-order chi connectivity index (χ1) is 17.9. The number of aryl methyl sites for hydroxylation is 1. The third-order valence-corrected chi connectivity index (χ3v) is 7.03. The first kappa shape index (κ1) is 27.4. The van der Waals surface area contributed by atoms with Crippen LogP contribution in [0.4, 0.5) is 29.3 Å². The van der Waals surface area contributed by atoms with E-state index >= 15 is 0 Å². The van der Waals surface area contributed by atoms with Gasteiger partial charge in [-0.25, -0.2) is 35.8 Å². The molecule has 0 spiro atoms. The summed E-state index contributed by atoms with van der Waals surface area (Å²) in [5, 5.41) is 14.9. The van der Waals surface area contributed by atoms with Gasteiger partial charge in [0, 0.05) is 26.6 Å². The number of sulfonamides is 1. The van der Waals surface area contributed by atoms with E-state index in [0.717, 1.165) is 10.6 Å². The SMILES string of the molecule is CNc1nc(N)nn2cc(F)c(-c3ccc4nnn(CCCF)c4n3)c12.CS(=O)(=O)N1CCCC(F)(F)C1. The van der Waals surface area contributed by atoms with Crippen molar-refractivity contribution < 1.29 is 26.0 Å². The number of hydrogen-bond donors (Lipinski definition) is 2. The van der Waals surface area contributed by atoms with Gasteiger partial charge in [-0.3, -0.25) is 4.39 Å². The van der Waals surface area contributed by atoms with Crippen LogP contribution >= 0.6 is 0 Å². The summed E-state index contributed by atoms with van der Waals surface area (Å²) < 4.78 is 77.9. The number of alkyl halides is 3. The van der Waals surface area contributed by atoms with Crippen LogP contribution in [0, 0.1) is 5.82 Å². The molecule has 5 rings (SSSR count). The highest BCUT2D eigenvalue weighted by molar-refractivity contribution is 7.88. The highest BCUT2D eigenvalue weighted by atomic mass is 32.2. The van der Waals surface area contributed by atoms with Gasteiger partial charge < -0.3 is 11.1 Å². The lowest BCUT2D eigenvalue weighted by Crippen LogP contribution is -2.45. The zero-order chi connectivity index (χ0) is 27.7. The summed E-state index contributed by atoms with van der Waals surface area (Å²) in [5.41, 5.74) is 7.67. The number of rotatable bonds is 6. The molecule has 17 heteroatoms. The molecule has 0 aromatic carbocycles. The van der Waals surface area contributed by atoms with Crippen molar-refractivity contribution in [2.24, 2.45) is 0 Å². The Labute approximate surface area is 214 Å². The predicted octanol–water partition coefficient (Wildman–Crippen LogP) is 2.34. The van der Waals surface area contributed by atoms with Crippen LogP contribution in [0.15, 0.2) is 18.3 Å². The number of fused-ring (bicyclic) bond motifs is 2. The molecule has 3 N–H and O–H groups in total. The van der Waals surface area contributed by atoms with Crippen molar-refractivity contribution in [3.05, 3.63) is 24.1 Å². The van der Waals surface area contributed by atoms with Crippen LogP contribution in [-0.2, 0) is 16.6 Å². The van der Waals surface area contributed by atoms with Crippen molar-refractivity contribution in [2.75, 3.05) is 44.1 Å². The van der Waals surface area contributed by atoms with Gasteiger partial charge in [-0.2, -0.15) is 9.29 Å². The molecule has 0 bridgehead atoms. The lowest BCUT2D eigenvalue weighted by atomic mass is 10.1. The molecule has 0 radical (unpaired) electrons. The van der Waals surface area contributed by atoms with Gasteiger partial charge in [-0.05, 0) is 25.0 Å². The summed E-state index contributed by atoms with van der Waals surface area (Å²) in [6, 6.07) is 3.33. The molecule has 12 nitrogen and oxygen atoms in total. The Kier molecular flexibility index (Phi) is 7.68. The zero-order valence-electron chi connectivity index (χ0n) is 20.6. The Hall–Kier alpha value is -3.60. The molecule has 0 saturated carbocycles. The van der Waals surface area contributed by atoms with Crippen molar-refractivity contribution in [3.63, 3.8) is 0 Å². The first-order valence-electron chi connectivity index (χ1n) is 11.5. The molecule has 1 saturated heterocycles. The van der Waals surface area contributed by atoms with Crippen LogP contribution in [-0.4, -0.2) is 86.3 Å². The fraction of sp³-hybridized carbons (Fsp3) is 0.476. The number of nitrogens with zero attached hydrogens (tertiary/aromatic N) is 8. The smallest absolute Gasteiger partial charge is 0.261 e. The van der Waals surface area contributed by atoms with Crippen LogP contribution in [0.5, 0.6) is 0 Å². The van der Waals surface area contributed by atoms with E-state index in [0.29, 0.717) is 41.2 Å². The maximum atomic E-state index is 14.7. The van der Waals surface area contributed by atoms with Gasteiger partial charge in [0.1, 0.15) is 11.0 Å². The second-order valence-electron chi connectivity index (χ2n) is 8.66. The Morgan fingerprint density at radius 1 is 1.24 bits per heavy atom. The molecule has 1 aliphatic heterocycles. The number of nitrogens with one attached hydrogen (secondary N) is 1. The fourth-order valence-corrected chi connectivity index (χ4v) is 4.94. The Balaban J connectivity index is 0.000000236. The summed E-state index contributed by atoms with van der Waals surface area (Å²) in [6.45, 7) is -0.575. The Morgan fingerprint density at radius 3 is 2.63 bits per heavy atom. The highest BCUT2D eigenvalue weighted by Gasteiger charge is 2.38. The fourth-order valence-electron chi connectivity index (χ4n) is 4.05. The summed E-state index contributed by atoms with van der Waals surface area (Å²) >= 11 is 0. The minimum absolute atomic E-state index is 0.0142. The number of nitrogen functional groups attached to an aromatic ring is 1. The third-order valence-electron chi connectivity index (χ3n) is 5.78. The maximum absolute atomic E-state index is 14.7. The monoisotopic (exact) mass is 558 g/mol. The van der Waals surface area contributed by atoms with Crippen LogP contribution in [0.25, 0.3) is 27.9 Å². The van der Waals surface area contributed by atoms with E-state index in [1.807, 2.05) is 0 Å². The maximum Gasteiger partial charge on any atom is 0.261 e. The van der Waals surface area contributed by atoms with Gasteiger partial charge in [-0.15, -0.1) is 10.2 Å². The average Bonchev–Trinajstić information content (AvgIpc) is 3.40. The van der Waals surface area contributed by atoms with E-state index < -0.39 is 35.0 Å². The molecular weight excluding hydrogens is 532 g/mol. The average molecular weight is 559 g/mol. The Morgan fingerprint density at radius 2 is 2.00 bits per heavy atom. The lowest BCUT2D eigenvalue weighted by molar-refractivity contribution is -0.0432. The summed E-state index contributed by atoms with van der Waals surface area (Å²) in [5.74, 6) is -2.97. The van der Waals surface area contributed by atoms with Crippen LogP contribution in [0.1, 0.15) is 19.3 Å². The standard InChI is InChI=1S/C15H15F2N9.C6H11F2NO2S/c1-19-13-12-11(8(17)7-26(12)23-15(18)21-13)9-3-4-10-14(20-9)25(24-22-10)6-2-5-16;1-12(10,11)9-4-2-3-6(7,8)5-9/h3-4,7H,2,5-6H2,1H3,(H3,18,19,21,23);2-5H2,1H3. The number of halogens is 4. The van der Waals surface area contributed by atoms with Crippen LogP contribution < -0.4 is 11.1 Å². The molecule has 0 unspecified atom stereocenters. The molecule has 4 aromatic rings. The number of pyridine rings is 1. The normalized spacial score (nSPS) is 15.9. The van der Waals surface area contributed by atoms with Crippen LogP contribution in [0.3, 0.4) is 0 Å². The predicted molar refractivity (Wildman–Crippen MR) is 132 cm³/mol. The Bertz CT molecular complexity index is 1560. The van der Waals surface area contributed by atoms with Crippen molar-refractivity contribution >= 4 is 38.5 Å². The molecule has 1 aliphatic rings. The van der Waals surface area contributed by atoms with Crippen molar-refractivity contribution in [3.8, 4) is 11.3 Å². The van der Waals surface area contributed by atoms with Crippen molar-refractivity contribution in [1.82, 2.24) is 38.9 Å². The van der Waals surface area contributed by atoms with Crippen molar-refractivity contribution in [2.45, 2.75) is 31.7 Å². The highest BCUT2D eigenvalue weighted by Crippen LogP contribution is 2.32. The number of nitrogens with two attached hydrogens (primary N) is 1. The van der Waals surface area contributed by atoms with E-state index in [9.17, 15) is 26.0 Å². The largest absolute Gasteiger partial charge is 0.371 e. The molecule has 0 aliphatic carbocycles. The van der Waals surface area contributed by atoms with E-state index in [-0.39, 0.29) is 30.9 Å². The second-order valence-corrected chi connectivity index (χ2v) is 10.6. The minimum atomic E-state index is -3.44. The van der Waals surface area contributed by atoms with Gasteiger partial charge >= 0.3 is 0 Å². The van der Waals surface area contributed by atoms with Gasteiger partial charge in [0.2, 0.25) is 16.0 Å². The molecule has 0 amide bonds. The summed E-state index contributed by atoms with van der Waals surface area (Å²) in [7, 11) is -1.79. The molecule has 38 heavy (non-hydrogen) atoms. The molecule has 5 heterocycles. The van der Waals surface area contributed by atoms with Gasteiger partial charge in [0.15, 0.2) is 17.3 Å². The van der Waals surface area contributed by atoms with E-state index in [1.54, 1.807) is 19.2 Å². The number of hydrogen-bond acceptors (Lipinski definition) is 9. The number of anilines is 2. The van der Waals surface area contributed by atoms with Crippen LogP contribution in [0.2, 0.25) is 0 Å². The third kappa shape index (κ3) is 5.77. The molecule has 4 aromatic heterocycles. The summed E-state index contributed by atoms with van der Waals surface area (Å²) in [6.07, 6.45) is 2.49. The number of aromatic nitrogens is 7. The molecular formula is C21H26F4N10O2S. The van der Waals surface area contributed by atoms with Gasteiger partial charge in [0.25, 0.3) is 5.92 Å². The molecule has 0 atom stereocenters. The zero-order valence-corrected chi connectivity index (χ0v) is 21.4. The van der Waals surface area contributed by atoms with E-state index in [2.05, 4.69) is 30.7 Å². The second kappa shape index (κ2) is 10.6. The lowest BCUT2D eigenvalue weighted by Gasteiger charge is -2.30. The number of piperidine rings is 1. The first-order valence-corrected chi connectivity index (χ1v) is 13.4.